The van der Waals surface area contributed by atoms with Crippen LogP contribution in [0.25, 0.3) is 0 Å². The van der Waals surface area contributed by atoms with E-state index in [9.17, 15) is 5.11 Å². The molecule has 1 aromatic rings. The molecular formula is C15H24OS. The first kappa shape index (κ1) is 13.1. The summed E-state index contributed by atoms with van der Waals surface area (Å²) in [6.45, 7) is 4.42. The highest BCUT2D eigenvalue weighted by molar-refractivity contribution is 7.12. The Labute approximate surface area is 109 Å². The molecule has 0 saturated heterocycles. The molecule has 96 valence electrons. The highest BCUT2D eigenvalue weighted by atomic mass is 32.1. The van der Waals surface area contributed by atoms with E-state index in [2.05, 4.69) is 19.9 Å². The molecule has 1 heterocycles. The van der Waals surface area contributed by atoms with Crippen molar-refractivity contribution in [1.82, 2.24) is 0 Å². The molecule has 1 aromatic heterocycles. The van der Waals surface area contributed by atoms with Gasteiger partial charge in [-0.2, -0.15) is 0 Å². The van der Waals surface area contributed by atoms with Crippen molar-refractivity contribution >= 4 is 11.3 Å². The van der Waals surface area contributed by atoms with Gasteiger partial charge in [0.25, 0.3) is 0 Å². The fraction of sp³-hybridized carbons (Fsp3) is 0.733. The first-order valence-corrected chi connectivity index (χ1v) is 7.82. The van der Waals surface area contributed by atoms with Gasteiger partial charge in [0.1, 0.15) is 0 Å². The molecule has 0 amide bonds. The minimum absolute atomic E-state index is 0.234. The van der Waals surface area contributed by atoms with Gasteiger partial charge in [-0.3, -0.25) is 0 Å². The Bertz CT molecular complexity index is 332. The molecule has 1 nitrogen and oxygen atoms in total. The molecule has 0 fully saturated rings. The van der Waals surface area contributed by atoms with Crippen LogP contribution in [0.15, 0.2) is 6.07 Å². The highest BCUT2D eigenvalue weighted by Gasteiger charge is 2.18. The van der Waals surface area contributed by atoms with Crippen LogP contribution in [-0.2, 0) is 12.8 Å². The van der Waals surface area contributed by atoms with Crippen LogP contribution in [0.4, 0.5) is 0 Å². The van der Waals surface area contributed by atoms with Crippen LogP contribution in [-0.4, -0.2) is 5.11 Å². The number of aliphatic hydroxyl groups excluding tert-OH is 1. The van der Waals surface area contributed by atoms with Crippen molar-refractivity contribution in [3.8, 4) is 0 Å². The molecule has 0 aliphatic heterocycles. The average molecular weight is 252 g/mol. The van der Waals surface area contributed by atoms with E-state index in [1.807, 2.05) is 11.3 Å². The number of hydrogen-bond donors (Lipinski definition) is 1. The van der Waals surface area contributed by atoms with Gasteiger partial charge in [0, 0.05) is 9.75 Å². The molecule has 17 heavy (non-hydrogen) atoms. The molecule has 2 unspecified atom stereocenters. The molecular weight excluding hydrogens is 228 g/mol. The van der Waals surface area contributed by atoms with Gasteiger partial charge in [-0.05, 0) is 49.7 Å². The minimum Gasteiger partial charge on any atom is -0.388 e. The van der Waals surface area contributed by atoms with E-state index >= 15 is 0 Å². The van der Waals surface area contributed by atoms with Crippen LogP contribution in [0.2, 0.25) is 0 Å². The third kappa shape index (κ3) is 3.32. The van der Waals surface area contributed by atoms with Crippen molar-refractivity contribution in [1.29, 1.82) is 0 Å². The van der Waals surface area contributed by atoms with E-state index in [0.29, 0.717) is 5.92 Å². The van der Waals surface area contributed by atoms with E-state index < -0.39 is 0 Å². The highest BCUT2D eigenvalue weighted by Crippen LogP contribution is 2.34. The van der Waals surface area contributed by atoms with Crippen LogP contribution < -0.4 is 0 Å². The van der Waals surface area contributed by atoms with Crippen molar-refractivity contribution in [2.75, 3.05) is 0 Å². The van der Waals surface area contributed by atoms with Gasteiger partial charge in [0.05, 0.1) is 6.10 Å². The number of thiophene rings is 1. The monoisotopic (exact) mass is 252 g/mol. The lowest BCUT2D eigenvalue weighted by molar-refractivity contribution is 0.150. The Morgan fingerprint density at radius 3 is 2.82 bits per heavy atom. The minimum atomic E-state index is -0.234. The smallest absolute Gasteiger partial charge is 0.0884 e. The maximum atomic E-state index is 10.3. The normalized spacial score (nSPS) is 19.5. The fourth-order valence-electron chi connectivity index (χ4n) is 2.52. The molecule has 0 saturated carbocycles. The van der Waals surface area contributed by atoms with Crippen molar-refractivity contribution in [2.45, 2.75) is 64.9 Å². The van der Waals surface area contributed by atoms with Crippen molar-refractivity contribution < 1.29 is 5.11 Å². The number of aryl methyl sites for hydroxylation is 2. The lowest BCUT2D eigenvalue weighted by Crippen LogP contribution is -2.01. The number of rotatable bonds is 4. The van der Waals surface area contributed by atoms with Crippen LogP contribution in [0, 0.1) is 5.92 Å². The van der Waals surface area contributed by atoms with E-state index in [1.165, 1.54) is 42.5 Å². The maximum Gasteiger partial charge on any atom is 0.0884 e. The first-order chi connectivity index (χ1) is 8.20. The second-order valence-electron chi connectivity index (χ2n) is 5.42. The zero-order valence-electron chi connectivity index (χ0n) is 11.0. The zero-order chi connectivity index (χ0) is 12.3. The summed E-state index contributed by atoms with van der Waals surface area (Å²) < 4.78 is 0. The van der Waals surface area contributed by atoms with Crippen LogP contribution >= 0.6 is 11.3 Å². The predicted molar refractivity (Wildman–Crippen MR) is 74.6 cm³/mol. The SMILES string of the molecule is CCC(C)CC(O)c1cc2c(s1)CCCCC2. The number of fused-ring (bicyclic) bond motifs is 1. The second kappa shape index (κ2) is 6.01. The summed E-state index contributed by atoms with van der Waals surface area (Å²) in [7, 11) is 0. The Hall–Kier alpha value is -0.340. The first-order valence-electron chi connectivity index (χ1n) is 7.00. The molecule has 1 aliphatic carbocycles. The van der Waals surface area contributed by atoms with Crippen LogP contribution in [0.3, 0.4) is 0 Å². The Kier molecular flexibility index (Phi) is 4.63. The second-order valence-corrected chi connectivity index (χ2v) is 6.59. The topological polar surface area (TPSA) is 20.2 Å². The number of aliphatic hydroxyl groups is 1. The third-order valence-electron chi connectivity index (χ3n) is 3.92. The average Bonchev–Trinajstić information content (AvgIpc) is 2.61. The Morgan fingerprint density at radius 1 is 1.29 bits per heavy atom. The lowest BCUT2D eigenvalue weighted by Gasteiger charge is -2.13. The lowest BCUT2D eigenvalue weighted by atomic mass is 10.00. The molecule has 1 aliphatic rings. The van der Waals surface area contributed by atoms with Gasteiger partial charge in [-0.25, -0.2) is 0 Å². The van der Waals surface area contributed by atoms with Gasteiger partial charge in [0.2, 0.25) is 0 Å². The molecule has 0 radical (unpaired) electrons. The molecule has 0 spiro atoms. The van der Waals surface area contributed by atoms with Gasteiger partial charge >= 0.3 is 0 Å². The molecule has 0 aromatic carbocycles. The van der Waals surface area contributed by atoms with E-state index in [1.54, 1.807) is 4.88 Å². The third-order valence-corrected chi connectivity index (χ3v) is 5.25. The largest absolute Gasteiger partial charge is 0.388 e. The van der Waals surface area contributed by atoms with Crippen molar-refractivity contribution in [2.24, 2.45) is 5.92 Å². The predicted octanol–water partition coefficient (Wildman–Crippen LogP) is 4.49. The molecule has 2 heteroatoms. The summed E-state index contributed by atoms with van der Waals surface area (Å²) in [5.74, 6) is 0.618. The standard InChI is InChI=1S/C15H24OS/c1-3-11(2)9-13(16)15-10-12-7-5-4-6-8-14(12)17-15/h10-11,13,16H,3-9H2,1-2H3. The molecule has 0 bridgehead atoms. The van der Waals surface area contributed by atoms with Gasteiger partial charge in [-0.15, -0.1) is 11.3 Å². The summed E-state index contributed by atoms with van der Waals surface area (Å²) >= 11 is 1.86. The van der Waals surface area contributed by atoms with Crippen molar-refractivity contribution in [3.05, 3.63) is 21.4 Å². The number of hydrogen-bond acceptors (Lipinski definition) is 2. The quantitative estimate of drug-likeness (QED) is 0.783. The van der Waals surface area contributed by atoms with E-state index in [4.69, 9.17) is 0 Å². The summed E-state index contributed by atoms with van der Waals surface area (Å²) in [4.78, 5) is 2.75. The molecule has 1 N–H and O–H groups in total. The van der Waals surface area contributed by atoms with Crippen LogP contribution in [0.1, 0.15) is 67.4 Å². The van der Waals surface area contributed by atoms with Gasteiger partial charge in [0.15, 0.2) is 0 Å². The maximum absolute atomic E-state index is 10.3. The Balaban J connectivity index is 2.06. The summed E-state index contributed by atoms with van der Waals surface area (Å²) in [5.41, 5.74) is 1.52. The van der Waals surface area contributed by atoms with E-state index in [-0.39, 0.29) is 6.10 Å². The summed E-state index contributed by atoms with van der Waals surface area (Å²) in [6, 6.07) is 2.28. The van der Waals surface area contributed by atoms with Gasteiger partial charge < -0.3 is 5.11 Å². The Morgan fingerprint density at radius 2 is 2.06 bits per heavy atom. The summed E-state index contributed by atoms with van der Waals surface area (Å²) in [5, 5.41) is 10.3. The van der Waals surface area contributed by atoms with Gasteiger partial charge in [-0.1, -0.05) is 26.7 Å². The molecule has 2 atom stereocenters. The molecule has 2 rings (SSSR count). The fourth-order valence-corrected chi connectivity index (χ4v) is 3.78. The summed E-state index contributed by atoms with van der Waals surface area (Å²) in [6.07, 6.45) is 8.31. The van der Waals surface area contributed by atoms with Crippen LogP contribution in [0.5, 0.6) is 0 Å². The zero-order valence-corrected chi connectivity index (χ0v) is 11.9. The van der Waals surface area contributed by atoms with E-state index in [0.717, 1.165) is 12.8 Å². The van der Waals surface area contributed by atoms with Crippen molar-refractivity contribution in [3.63, 3.8) is 0 Å².